The van der Waals surface area contributed by atoms with Gasteiger partial charge in [0.1, 0.15) is 11.8 Å². The molecule has 1 aromatic rings. The molecule has 2 rings (SSSR count). The molecule has 1 fully saturated rings. The lowest BCUT2D eigenvalue weighted by Crippen LogP contribution is -2.40. The minimum Gasteiger partial charge on any atom is -0.496 e. The molecule has 1 aromatic carbocycles. The van der Waals surface area contributed by atoms with E-state index >= 15 is 0 Å². The molecule has 0 spiro atoms. The number of aliphatic carboxylic acids is 1. The van der Waals surface area contributed by atoms with Crippen LogP contribution in [0.2, 0.25) is 0 Å². The molecule has 19 heavy (non-hydrogen) atoms. The minimum atomic E-state index is -0.972. The highest BCUT2D eigenvalue weighted by molar-refractivity contribution is 5.99. The van der Waals surface area contributed by atoms with Crippen molar-refractivity contribution in [2.24, 2.45) is 0 Å². The maximum Gasteiger partial charge on any atom is 0.326 e. The van der Waals surface area contributed by atoms with Crippen LogP contribution in [0, 0.1) is 0 Å². The predicted molar refractivity (Wildman–Crippen MR) is 69.1 cm³/mol. The lowest BCUT2D eigenvalue weighted by atomic mass is 10.1. The van der Waals surface area contributed by atoms with Crippen molar-refractivity contribution in [3.8, 4) is 5.75 Å². The molecule has 0 radical (unpaired) electrons. The summed E-state index contributed by atoms with van der Waals surface area (Å²) in [5.74, 6) is -0.942. The number of likely N-dealkylation sites (tertiary alicyclic amines) is 1. The van der Waals surface area contributed by atoms with E-state index in [1.165, 1.54) is 12.0 Å². The smallest absolute Gasteiger partial charge is 0.326 e. The lowest BCUT2D eigenvalue weighted by molar-refractivity contribution is -0.141. The SMILES string of the molecule is COc1cc(N)ccc1C(=O)N1CCC[C@H]1C(=O)O. The fourth-order valence-electron chi connectivity index (χ4n) is 2.31. The first-order valence-electron chi connectivity index (χ1n) is 6.02. The van der Waals surface area contributed by atoms with Crippen LogP contribution in [0.5, 0.6) is 5.75 Å². The third kappa shape index (κ3) is 2.47. The van der Waals surface area contributed by atoms with Gasteiger partial charge in [-0.05, 0) is 25.0 Å². The Labute approximate surface area is 110 Å². The Morgan fingerprint density at radius 2 is 2.21 bits per heavy atom. The van der Waals surface area contributed by atoms with E-state index in [0.29, 0.717) is 36.4 Å². The molecule has 6 nitrogen and oxygen atoms in total. The van der Waals surface area contributed by atoms with Gasteiger partial charge in [0.25, 0.3) is 5.91 Å². The Bertz CT molecular complexity index is 515. The second kappa shape index (κ2) is 5.17. The number of ether oxygens (including phenoxy) is 1. The highest BCUT2D eigenvalue weighted by Gasteiger charge is 2.35. The third-order valence-electron chi connectivity index (χ3n) is 3.25. The van der Waals surface area contributed by atoms with Crippen LogP contribution in [0.3, 0.4) is 0 Å². The number of nitrogens with two attached hydrogens (primary N) is 1. The second-order valence-corrected chi connectivity index (χ2v) is 4.45. The first-order chi connectivity index (χ1) is 9.04. The van der Waals surface area contributed by atoms with Crippen molar-refractivity contribution >= 4 is 17.6 Å². The molecule has 1 aliphatic rings. The Morgan fingerprint density at radius 1 is 1.47 bits per heavy atom. The van der Waals surface area contributed by atoms with E-state index in [1.54, 1.807) is 18.2 Å². The Hall–Kier alpha value is -2.24. The Balaban J connectivity index is 2.31. The topological polar surface area (TPSA) is 92.9 Å². The van der Waals surface area contributed by atoms with Gasteiger partial charge in [-0.1, -0.05) is 0 Å². The van der Waals surface area contributed by atoms with Crippen LogP contribution in [0.4, 0.5) is 5.69 Å². The molecule has 0 aliphatic carbocycles. The maximum absolute atomic E-state index is 12.4. The molecular weight excluding hydrogens is 248 g/mol. The van der Waals surface area contributed by atoms with Crippen LogP contribution in [0.25, 0.3) is 0 Å². The van der Waals surface area contributed by atoms with E-state index in [0.717, 1.165) is 0 Å². The number of hydrogen-bond donors (Lipinski definition) is 2. The van der Waals surface area contributed by atoms with Crippen molar-refractivity contribution in [1.82, 2.24) is 4.90 Å². The van der Waals surface area contributed by atoms with Crippen molar-refractivity contribution in [2.75, 3.05) is 19.4 Å². The van der Waals surface area contributed by atoms with E-state index in [2.05, 4.69) is 0 Å². The first kappa shape index (κ1) is 13.2. The first-order valence-corrected chi connectivity index (χ1v) is 6.02. The van der Waals surface area contributed by atoms with Gasteiger partial charge in [0, 0.05) is 18.3 Å². The predicted octanol–water partition coefficient (Wildman–Crippen LogP) is 0.967. The number of benzene rings is 1. The molecule has 1 amide bonds. The van der Waals surface area contributed by atoms with Crippen LogP contribution in [0.1, 0.15) is 23.2 Å². The van der Waals surface area contributed by atoms with E-state index in [-0.39, 0.29) is 5.91 Å². The summed E-state index contributed by atoms with van der Waals surface area (Å²) in [5.41, 5.74) is 6.46. The summed E-state index contributed by atoms with van der Waals surface area (Å²) in [6.45, 7) is 0.448. The van der Waals surface area contributed by atoms with Crippen molar-refractivity contribution in [3.63, 3.8) is 0 Å². The highest BCUT2D eigenvalue weighted by atomic mass is 16.5. The summed E-state index contributed by atoms with van der Waals surface area (Å²) in [6.07, 6.45) is 1.18. The number of anilines is 1. The standard InChI is InChI=1S/C13H16N2O4/c1-19-11-7-8(14)4-5-9(11)12(16)15-6-2-3-10(15)13(17)18/h4-5,7,10H,2-3,6,14H2,1H3,(H,17,18)/t10-/m0/s1. The molecule has 0 bridgehead atoms. The Kier molecular flexibility index (Phi) is 3.59. The van der Waals surface area contributed by atoms with Crippen LogP contribution in [-0.2, 0) is 4.79 Å². The summed E-state index contributed by atoms with van der Waals surface area (Å²) >= 11 is 0. The number of rotatable bonds is 3. The number of carbonyl (C=O) groups is 2. The van der Waals surface area contributed by atoms with Gasteiger partial charge in [-0.3, -0.25) is 4.79 Å². The third-order valence-corrected chi connectivity index (χ3v) is 3.25. The largest absolute Gasteiger partial charge is 0.496 e. The normalized spacial score (nSPS) is 18.4. The zero-order chi connectivity index (χ0) is 14.0. The number of carboxylic acids is 1. The van der Waals surface area contributed by atoms with Gasteiger partial charge in [0.15, 0.2) is 0 Å². The van der Waals surface area contributed by atoms with Crippen molar-refractivity contribution in [1.29, 1.82) is 0 Å². The van der Waals surface area contributed by atoms with E-state index in [1.807, 2.05) is 0 Å². The quantitative estimate of drug-likeness (QED) is 0.793. The lowest BCUT2D eigenvalue weighted by Gasteiger charge is -2.22. The molecule has 102 valence electrons. The molecule has 0 unspecified atom stereocenters. The number of carbonyl (C=O) groups excluding carboxylic acids is 1. The molecule has 6 heteroatoms. The number of amides is 1. The molecule has 1 atom stereocenters. The zero-order valence-electron chi connectivity index (χ0n) is 10.6. The average Bonchev–Trinajstić information content (AvgIpc) is 2.87. The van der Waals surface area contributed by atoms with Crippen LogP contribution < -0.4 is 10.5 Å². The van der Waals surface area contributed by atoms with Crippen molar-refractivity contribution < 1.29 is 19.4 Å². The molecule has 1 heterocycles. The monoisotopic (exact) mass is 264 g/mol. The molecule has 1 saturated heterocycles. The van der Waals surface area contributed by atoms with Gasteiger partial charge in [-0.25, -0.2) is 4.79 Å². The number of nitrogens with zero attached hydrogens (tertiary/aromatic N) is 1. The van der Waals surface area contributed by atoms with Gasteiger partial charge in [-0.15, -0.1) is 0 Å². The van der Waals surface area contributed by atoms with Crippen LogP contribution >= 0.6 is 0 Å². The fraction of sp³-hybridized carbons (Fsp3) is 0.385. The van der Waals surface area contributed by atoms with E-state index in [9.17, 15) is 9.59 Å². The zero-order valence-corrected chi connectivity index (χ0v) is 10.6. The highest BCUT2D eigenvalue weighted by Crippen LogP contribution is 2.26. The van der Waals surface area contributed by atoms with Crippen molar-refractivity contribution in [3.05, 3.63) is 23.8 Å². The average molecular weight is 264 g/mol. The van der Waals surface area contributed by atoms with Crippen LogP contribution in [-0.4, -0.2) is 41.6 Å². The molecular formula is C13H16N2O4. The summed E-state index contributed by atoms with van der Waals surface area (Å²) in [4.78, 5) is 24.9. The number of nitrogen functional groups attached to an aromatic ring is 1. The molecule has 0 saturated carbocycles. The molecule has 3 N–H and O–H groups in total. The van der Waals surface area contributed by atoms with E-state index in [4.69, 9.17) is 15.6 Å². The summed E-state index contributed by atoms with van der Waals surface area (Å²) in [7, 11) is 1.45. The van der Waals surface area contributed by atoms with Gasteiger partial charge < -0.3 is 20.5 Å². The molecule has 0 aromatic heterocycles. The number of hydrogen-bond acceptors (Lipinski definition) is 4. The summed E-state index contributed by atoms with van der Waals surface area (Å²) < 4.78 is 5.13. The Morgan fingerprint density at radius 3 is 2.84 bits per heavy atom. The molecule has 1 aliphatic heterocycles. The fourth-order valence-corrected chi connectivity index (χ4v) is 2.31. The minimum absolute atomic E-state index is 0.332. The van der Waals surface area contributed by atoms with Crippen LogP contribution in [0.15, 0.2) is 18.2 Å². The summed E-state index contributed by atoms with van der Waals surface area (Å²) in [6, 6.07) is 3.96. The van der Waals surface area contributed by atoms with Gasteiger partial charge in [0.2, 0.25) is 0 Å². The number of methoxy groups -OCH3 is 1. The summed E-state index contributed by atoms with van der Waals surface area (Å²) in [5, 5.41) is 9.10. The van der Waals surface area contributed by atoms with Gasteiger partial charge in [-0.2, -0.15) is 0 Å². The van der Waals surface area contributed by atoms with Crippen molar-refractivity contribution in [2.45, 2.75) is 18.9 Å². The van der Waals surface area contributed by atoms with Gasteiger partial charge in [0.05, 0.1) is 12.7 Å². The second-order valence-electron chi connectivity index (χ2n) is 4.45. The van der Waals surface area contributed by atoms with E-state index < -0.39 is 12.0 Å². The number of carboxylic acid groups (broad SMARTS) is 1. The maximum atomic E-state index is 12.4. The van der Waals surface area contributed by atoms with Gasteiger partial charge >= 0.3 is 5.97 Å².